The fraction of sp³-hybridized carbons (Fsp3) is 0.455. The fourth-order valence-electron chi connectivity index (χ4n) is 3.84. The highest BCUT2D eigenvalue weighted by Gasteiger charge is 2.29. The third-order valence-corrected chi connectivity index (χ3v) is 9.60. The summed E-state index contributed by atoms with van der Waals surface area (Å²) in [6.07, 6.45) is 0. The van der Waals surface area contributed by atoms with Crippen molar-refractivity contribution in [2.75, 3.05) is 39.3 Å². The number of hydrogen-bond acceptors (Lipinski definition) is 5. The van der Waals surface area contributed by atoms with Crippen molar-refractivity contribution in [2.24, 2.45) is 0 Å². The molecule has 7 nitrogen and oxygen atoms in total. The van der Waals surface area contributed by atoms with Crippen molar-refractivity contribution in [3.05, 3.63) is 59.7 Å². The molecule has 0 amide bonds. The molecule has 2 aromatic carbocycles. The Labute approximate surface area is 186 Å². The van der Waals surface area contributed by atoms with Gasteiger partial charge in [-0.2, -0.15) is 8.61 Å². The largest absolute Gasteiger partial charge is 0.296 e. The number of piperazine rings is 1. The third-order valence-electron chi connectivity index (χ3n) is 5.62. The predicted molar refractivity (Wildman–Crippen MR) is 122 cm³/mol. The minimum Gasteiger partial charge on any atom is -0.296 e. The second-order valence-electron chi connectivity index (χ2n) is 7.73. The van der Waals surface area contributed by atoms with Crippen molar-refractivity contribution in [2.45, 2.75) is 37.1 Å². The van der Waals surface area contributed by atoms with Crippen LogP contribution in [-0.2, 0) is 26.6 Å². The molecule has 9 heteroatoms. The summed E-state index contributed by atoms with van der Waals surface area (Å²) < 4.78 is 54.2. The average molecular weight is 466 g/mol. The van der Waals surface area contributed by atoms with Gasteiger partial charge in [-0.3, -0.25) is 4.90 Å². The zero-order chi connectivity index (χ0) is 22.6. The second-order valence-corrected chi connectivity index (χ2v) is 11.6. The highest BCUT2D eigenvalue weighted by Crippen LogP contribution is 2.22. The van der Waals surface area contributed by atoms with Crippen LogP contribution in [0.25, 0.3) is 0 Å². The van der Waals surface area contributed by atoms with E-state index >= 15 is 0 Å². The minimum atomic E-state index is -3.66. The summed E-state index contributed by atoms with van der Waals surface area (Å²) in [4.78, 5) is 2.48. The Morgan fingerprint density at radius 1 is 0.839 bits per heavy atom. The molecule has 0 atom stereocenters. The second kappa shape index (κ2) is 9.79. The molecular formula is C22H31N3O4S2. The molecule has 1 aliphatic rings. The van der Waals surface area contributed by atoms with E-state index in [0.29, 0.717) is 39.3 Å². The zero-order valence-electron chi connectivity index (χ0n) is 18.4. The van der Waals surface area contributed by atoms with Gasteiger partial charge in [-0.25, -0.2) is 16.8 Å². The quantitative estimate of drug-likeness (QED) is 0.599. The van der Waals surface area contributed by atoms with Crippen LogP contribution in [0.4, 0.5) is 0 Å². The van der Waals surface area contributed by atoms with Crippen LogP contribution in [0.5, 0.6) is 0 Å². The molecule has 0 bridgehead atoms. The van der Waals surface area contributed by atoms with Gasteiger partial charge in [0.2, 0.25) is 20.0 Å². The van der Waals surface area contributed by atoms with E-state index in [2.05, 4.69) is 30.0 Å². The predicted octanol–water partition coefficient (Wildman–Crippen LogP) is 2.53. The zero-order valence-corrected chi connectivity index (χ0v) is 20.0. The summed E-state index contributed by atoms with van der Waals surface area (Å²) in [5.41, 5.74) is 2.44. The average Bonchev–Trinajstić information content (AvgIpc) is 2.75. The van der Waals surface area contributed by atoms with Crippen molar-refractivity contribution in [1.29, 1.82) is 0 Å². The van der Waals surface area contributed by atoms with Crippen molar-refractivity contribution in [3.8, 4) is 0 Å². The molecule has 1 heterocycles. The van der Waals surface area contributed by atoms with E-state index in [1.165, 1.54) is 44.0 Å². The van der Waals surface area contributed by atoms with Crippen LogP contribution in [0.3, 0.4) is 0 Å². The Hall–Kier alpha value is -1.78. The maximum atomic E-state index is 13.1. The van der Waals surface area contributed by atoms with Crippen LogP contribution in [0.15, 0.2) is 58.3 Å². The Balaban J connectivity index is 1.67. The number of hydrogen-bond donors (Lipinski definition) is 0. The number of rotatable bonds is 8. The lowest BCUT2D eigenvalue weighted by atomic mass is 10.1. The van der Waals surface area contributed by atoms with Gasteiger partial charge in [-0.05, 0) is 36.8 Å². The van der Waals surface area contributed by atoms with Crippen molar-refractivity contribution >= 4 is 20.0 Å². The molecule has 1 fully saturated rings. The number of benzene rings is 2. The first-order valence-corrected chi connectivity index (χ1v) is 13.4. The first-order valence-electron chi connectivity index (χ1n) is 10.6. The van der Waals surface area contributed by atoms with E-state index in [4.69, 9.17) is 0 Å². The first-order chi connectivity index (χ1) is 14.7. The van der Waals surface area contributed by atoms with E-state index in [0.717, 1.165) is 6.54 Å². The van der Waals surface area contributed by atoms with E-state index in [9.17, 15) is 16.8 Å². The van der Waals surface area contributed by atoms with Gasteiger partial charge in [0, 0.05) is 45.8 Å². The lowest BCUT2D eigenvalue weighted by molar-refractivity contribution is 0.181. The van der Waals surface area contributed by atoms with Crippen LogP contribution < -0.4 is 0 Å². The maximum Gasteiger partial charge on any atom is 0.243 e. The van der Waals surface area contributed by atoms with Gasteiger partial charge < -0.3 is 0 Å². The number of nitrogens with zero attached hydrogens (tertiary/aromatic N) is 3. The molecule has 1 aliphatic heterocycles. The molecule has 170 valence electrons. The molecule has 2 aromatic rings. The summed E-state index contributed by atoms with van der Waals surface area (Å²) >= 11 is 0. The lowest BCUT2D eigenvalue weighted by Crippen LogP contribution is -2.48. The molecule has 0 unspecified atom stereocenters. The Bertz CT molecular complexity index is 1090. The molecule has 0 radical (unpaired) electrons. The molecule has 0 aliphatic carbocycles. The summed E-state index contributed by atoms with van der Waals surface area (Å²) in [6.45, 7) is 9.28. The summed E-state index contributed by atoms with van der Waals surface area (Å²) in [5, 5.41) is 0. The SMILES string of the molecule is CCN(CC)S(=O)(=O)c1ccc(S(=O)(=O)N2CCN(Cc3cccc(C)c3)CC2)cc1. The first kappa shape index (κ1) is 23.9. The van der Waals surface area contributed by atoms with Gasteiger partial charge in [0.1, 0.15) is 0 Å². The third kappa shape index (κ3) is 5.35. The summed E-state index contributed by atoms with van der Waals surface area (Å²) in [5.74, 6) is 0. The van der Waals surface area contributed by atoms with E-state index in [1.54, 1.807) is 13.8 Å². The van der Waals surface area contributed by atoms with Crippen molar-refractivity contribution < 1.29 is 16.8 Å². The maximum absolute atomic E-state index is 13.1. The highest BCUT2D eigenvalue weighted by atomic mass is 32.2. The van der Waals surface area contributed by atoms with Gasteiger partial charge in [-0.15, -0.1) is 0 Å². The Morgan fingerprint density at radius 2 is 1.42 bits per heavy atom. The summed E-state index contributed by atoms with van der Waals surface area (Å²) in [6, 6.07) is 13.9. The van der Waals surface area contributed by atoms with Gasteiger partial charge in [0.25, 0.3) is 0 Å². The molecular weight excluding hydrogens is 434 g/mol. The molecule has 1 saturated heterocycles. The minimum absolute atomic E-state index is 0.109. The fourth-order valence-corrected chi connectivity index (χ4v) is 6.72. The van der Waals surface area contributed by atoms with Gasteiger partial charge in [-0.1, -0.05) is 43.7 Å². The molecule has 0 aromatic heterocycles. The number of aryl methyl sites for hydroxylation is 1. The van der Waals surface area contributed by atoms with Crippen LogP contribution in [-0.4, -0.2) is 69.6 Å². The van der Waals surface area contributed by atoms with E-state index in [1.807, 2.05) is 6.07 Å². The monoisotopic (exact) mass is 465 g/mol. The van der Waals surface area contributed by atoms with Gasteiger partial charge in [0.05, 0.1) is 9.79 Å². The van der Waals surface area contributed by atoms with E-state index in [-0.39, 0.29) is 9.79 Å². The van der Waals surface area contributed by atoms with Crippen LogP contribution >= 0.6 is 0 Å². The smallest absolute Gasteiger partial charge is 0.243 e. The van der Waals surface area contributed by atoms with Crippen LogP contribution in [0, 0.1) is 6.92 Å². The van der Waals surface area contributed by atoms with Crippen LogP contribution in [0.1, 0.15) is 25.0 Å². The van der Waals surface area contributed by atoms with Crippen molar-refractivity contribution in [1.82, 2.24) is 13.5 Å². The standard InChI is InChI=1S/C22H31N3O4S2/c1-4-24(5-2)30(26,27)21-9-11-22(12-10-21)31(28,29)25-15-13-23(14-16-25)18-20-8-6-7-19(3)17-20/h6-12,17H,4-5,13-16,18H2,1-3H3. The topological polar surface area (TPSA) is 78.0 Å². The molecule has 0 N–H and O–H groups in total. The van der Waals surface area contributed by atoms with Gasteiger partial charge >= 0.3 is 0 Å². The van der Waals surface area contributed by atoms with Crippen molar-refractivity contribution in [3.63, 3.8) is 0 Å². The normalized spacial score (nSPS) is 16.6. The highest BCUT2D eigenvalue weighted by molar-refractivity contribution is 7.89. The molecule has 31 heavy (non-hydrogen) atoms. The van der Waals surface area contributed by atoms with Gasteiger partial charge in [0.15, 0.2) is 0 Å². The molecule has 3 rings (SSSR count). The Morgan fingerprint density at radius 3 is 1.97 bits per heavy atom. The number of sulfonamides is 2. The Kier molecular flexibility index (Phi) is 7.54. The lowest BCUT2D eigenvalue weighted by Gasteiger charge is -2.34. The van der Waals surface area contributed by atoms with Crippen LogP contribution in [0.2, 0.25) is 0 Å². The molecule has 0 spiro atoms. The molecule has 0 saturated carbocycles. The van der Waals surface area contributed by atoms with E-state index < -0.39 is 20.0 Å². The summed E-state index contributed by atoms with van der Waals surface area (Å²) in [7, 11) is -7.27.